The molecule has 27 heavy (non-hydrogen) atoms. The first-order chi connectivity index (χ1) is 12.0. The molecule has 0 saturated heterocycles. The molecule has 17 heteroatoms. The molecule has 0 aromatic rings. The lowest BCUT2D eigenvalue weighted by atomic mass is 10.6. The molecule has 4 atom stereocenters. The normalized spacial score (nSPS) is 19.1. The Balaban J connectivity index is 0. The summed E-state index contributed by atoms with van der Waals surface area (Å²) < 4.78 is 59.0. The van der Waals surface area contributed by atoms with Gasteiger partial charge in [0, 0.05) is 13.3 Å². The van der Waals surface area contributed by atoms with Gasteiger partial charge in [-0.2, -0.15) is 0 Å². The summed E-state index contributed by atoms with van der Waals surface area (Å²) in [5.74, 6) is 9.06. The van der Waals surface area contributed by atoms with Gasteiger partial charge in [0.05, 0.1) is 0 Å². The van der Waals surface area contributed by atoms with Crippen molar-refractivity contribution in [2.24, 2.45) is 0 Å². The fourth-order valence-corrected chi connectivity index (χ4v) is 4.73. The molecule has 0 fully saturated rings. The number of hydrogen-bond acceptors (Lipinski definition) is 9. The zero-order chi connectivity index (χ0) is 21.8. The molecule has 0 aliphatic heterocycles. The molecule has 5 N–H and O–H groups in total. The molecule has 0 aromatic heterocycles. The SMILES string of the molecule is CC#CCOP(=O)(O)OP(C)(=O)O.CP(=O)(O)OP(=O)(O)OCC#CCO. The first-order valence-electron chi connectivity index (χ1n) is 6.47. The van der Waals surface area contributed by atoms with Crippen molar-refractivity contribution in [1.29, 1.82) is 0 Å². The maximum atomic E-state index is 10.8. The molecule has 0 radical (unpaired) electrons. The van der Waals surface area contributed by atoms with Gasteiger partial charge >= 0.3 is 30.8 Å². The topological polar surface area (TPSA) is 206 Å². The van der Waals surface area contributed by atoms with Gasteiger partial charge in [-0.25, -0.2) is 17.8 Å². The second-order valence-electron chi connectivity index (χ2n) is 4.19. The van der Waals surface area contributed by atoms with Crippen molar-refractivity contribution in [3.05, 3.63) is 0 Å². The van der Waals surface area contributed by atoms with Gasteiger partial charge in [-0.3, -0.25) is 18.2 Å². The minimum absolute atomic E-state index is 0.329. The highest BCUT2D eigenvalue weighted by molar-refractivity contribution is 7.63. The summed E-state index contributed by atoms with van der Waals surface area (Å²) >= 11 is 0. The van der Waals surface area contributed by atoms with Crippen molar-refractivity contribution in [2.45, 2.75) is 6.92 Å². The quantitative estimate of drug-likeness (QED) is 0.246. The van der Waals surface area contributed by atoms with E-state index in [-0.39, 0.29) is 6.61 Å². The van der Waals surface area contributed by atoms with Crippen LogP contribution >= 0.6 is 30.8 Å². The van der Waals surface area contributed by atoms with E-state index in [1.54, 1.807) is 0 Å². The van der Waals surface area contributed by atoms with Crippen LogP contribution in [-0.2, 0) is 35.9 Å². The van der Waals surface area contributed by atoms with E-state index in [0.717, 1.165) is 13.3 Å². The second kappa shape index (κ2) is 13.0. The molecule has 0 aromatic carbocycles. The fourth-order valence-electron chi connectivity index (χ4n) is 0.837. The van der Waals surface area contributed by atoms with Gasteiger partial charge in [0.25, 0.3) is 0 Å². The van der Waals surface area contributed by atoms with Crippen molar-refractivity contribution in [3.8, 4) is 23.7 Å². The van der Waals surface area contributed by atoms with Crippen molar-refractivity contribution < 1.29 is 60.6 Å². The number of hydrogen-bond donors (Lipinski definition) is 5. The van der Waals surface area contributed by atoms with E-state index >= 15 is 0 Å². The van der Waals surface area contributed by atoms with E-state index in [0.29, 0.717) is 0 Å². The Hall–Kier alpha value is -0.320. The Kier molecular flexibility index (Phi) is 13.9. The molecule has 0 rings (SSSR count). The van der Waals surface area contributed by atoms with Crippen LogP contribution in [0.5, 0.6) is 0 Å². The van der Waals surface area contributed by atoms with Crippen molar-refractivity contribution >= 4 is 30.8 Å². The van der Waals surface area contributed by atoms with Crippen LogP contribution in [0, 0.1) is 23.7 Å². The summed E-state index contributed by atoms with van der Waals surface area (Å²) in [5, 5.41) is 8.21. The Morgan fingerprint density at radius 1 is 0.741 bits per heavy atom. The molecular weight excluding hydrogens is 452 g/mol. The Bertz CT molecular complexity index is 757. The van der Waals surface area contributed by atoms with E-state index in [2.05, 4.69) is 41.4 Å². The van der Waals surface area contributed by atoms with Crippen molar-refractivity contribution in [3.63, 3.8) is 0 Å². The minimum atomic E-state index is -4.55. The van der Waals surface area contributed by atoms with E-state index in [4.69, 9.17) is 24.7 Å². The van der Waals surface area contributed by atoms with Gasteiger partial charge < -0.3 is 24.7 Å². The molecule has 0 aliphatic carbocycles. The summed E-state index contributed by atoms with van der Waals surface area (Å²) in [7, 11) is -17.1. The molecule has 0 aliphatic rings. The predicted octanol–water partition coefficient (Wildman–Crippen LogP) is 0.889. The highest BCUT2D eigenvalue weighted by atomic mass is 31.3. The standard InChI is InChI=1S/C5H10O7P2.C5H10O6P2/c1-13(7,8)12-14(9,10)11-5-3-2-4-6;1-3-4-5-10-13(8,9)11-12(2,6)7/h6H,4-5H2,1H3,(H,7,8)(H,9,10);5H2,1-2H3,(H,6,7)(H,8,9). The van der Waals surface area contributed by atoms with Crippen LogP contribution in [0.4, 0.5) is 0 Å². The molecule has 0 bridgehead atoms. The third kappa shape index (κ3) is 23.6. The van der Waals surface area contributed by atoms with Crippen LogP contribution in [-0.4, -0.2) is 57.8 Å². The van der Waals surface area contributed by atoms with Crippen LogP contribution in [0.3, 0.4) is 0 Å². The first-order valence-corrected chi connectivity index (χ1v) is 13.5. The van der Waals surface area contributed by atoms with Crippen LogP contribution in [0.15, 0.2) is 0 Å². The van der Waals surface area contributed by atoms with Crippen molar-refractivity contribution in [2.75, 3.05) is 33.2 Å². The fraction of sp³-hybridized carbons (Fsp3) is 0.600. The summed E-state index contributed by atoms with van der Waals surface area (Å²) in [4.78, 5) is 34.8. The summed E-state index contributed by atoms with van der Waals surface area (Å²) in [5.41, 5.74) is 0. The molecule has 0 amide bonds. The average molecular weight is 472 g/mol. The molecule has 158 valence electrons. The zero-order valence-corrected chi connectivity index (χ0v) is 18.0. The molecule has 0 spiro atoms. The Labute approximate surface area is 155 Å². The summed E-state index contributed by atoms with van der Waals surface area (Å²) in [6.45, 7) is 1.83. The Morgan fingerprint density at radius 3 is 1.41 bits per heavy atom. The van der Waals surface area contributed by atoms with Gasteiger partial charge in [0.2, 0.25) is 0 Å². The van der Waals surface area contributed by atoms with Crippen LogP contribution in [0.25, 0.3) is 0 Å². The van der Waals surface area contributed by atoms with Crippen LogP contribution < -0.4 is 0 Å². The zero-order valence-electron chi connectivity index (χ0n) is 14.4. The second-order valence-corrected chi connectivity index (χ2v) is 11.1. The third-order valence-electron chi connectivity index (χ3n) is 1.49. The van der Waals surface area contributed by atoms with Gasteiger partial charge in [-0.15, -0.1) is 5.92 Å². The van der Waals surface area contributed by atoms with E-state index < -0.39 is 44.1 Å². The Morgan fingerprint density at radius 2 is 1.11 bits per heavy atom. The summed E-state index contributed by atoms with van der Waals surface area (Å²) in [6, 6.07) is 0. The van der Waals surface area contributed by atoms with E-state index in [1.807, 2.05) is 0 Å². The maximum Gasteiger partial charge on any atom is 0.480 e. The molecule has 13 nitrogen and oxygen atoms in total. The maximum absolute atomic E-state index is 10.8. The van der Waals surface area contributed by atoms with E-state index in [1.165, 1.54) is 6.92 Å². The van der Waals surface area contributed by atoms with Gasteiger partial charge in [-0.1, -0.05) is 17.8 Å². The summed E-state index contributed by atoms with van der Waals surface area (Å²) in [6.07, 6.45) is 0. The number of aliphatic hydroxyl groups excluding tert-OH is 1. The largest absolute Gasteiger partial charge is 0.480 e. The average Bonchev–Trinajstić information content (AvgIpc) is 2.39. The van der Waals surface area contributed by atoms with Gasteiger partial charge in [0.1, 0.15) is 19.8 Å². The van der Waals surface area contributed by atoms with Gasteiger partial charge in [-0.05, 0) is 6.92 Å². The molecule has 0 saturated carbocycles. The predicted molar refractivity (Wildman–Crippen MR) is 93.5 cm³/mol. The minimum Gasteiger partial charge on any atom is -0.384 e. The highest BCUT2D eigenvalue weighted by Crippen LogP contribution is 2.58. The number of aliphatic hydroxyl groups is 1. The third-order valence-corrected chi connectivity index (χ3v) is 6.48. The lowest BCUT2D eigenvalue weighted by Crippen LogP contribution is -1.94. The van der Waals surface area contributed by atoms with Gasteiger partial charge in [0.15, 0.2) is 0 Å². The lowest BCUT2D eigenvalue weighted by molar-refractivity contribution is 0.214. The number of phosphoric ester groups is 2. The monoisotopic (exact) mass is 472 g/mol. The van der Waals surface area contributed by atoms with Crippen LogP contribution in [0.1, 0.15) is 6.92 Å². The van der Waals surface area contributed by atoms with Crippen molar-refractivity contribution in [1.82, 2.24) is 0 Å². The van der Waals surface area contributed by atoms with Crippen LogP contribution in [0.2, 0.25) is 0 Å². The molecular formula is C10H20O13P4. The molecule has 4 unspecified atom stereocenters. The molecule has 0 heterocycles. The lowest BCUT2D eigenvalue weighted by Gasteiger charge is -2.11. The van der Waals surface area contributed by atoms with E-state index in [9.17, 15) is 18.3 Å². The highest BCUT2D eigenvalue weighted by Gasteiger charge is 2.30. The first kappa shape index (κ1) is 28.9. The smallest absolute Gasteiger partial charge is 0.384 e. The number of phosphoric acid groups is 2. The number of rotatable bonds is 8.